The molecular formula is C12H17N3O2. The van der Waals surface area contributed by atoms with Crippen LogP contribution in [0.15, 0.2) is 30.3 Å². The van der Waals surface area contributed by atoms with E-state index in [1.165, 1.54) is 0 Å². The Bertz CT molecular complexity index is 379. The van der Waals surface area contributed by atoms with Gasteiger partial charge in [-0.25, -0.2) is 0 Å². The van der Waals surface area contributed by atoms with E-state index in [0.717, 1.165) is 5.56 Å². The molecule has 0 saturated carbocycles. The number of hydrogen-bond donors (Lipinski definition) is 3. The van der Waals surface area contributed by atoms with Crippen molar-refractivity contribution in [2.75, 3.05) is 6.54 Å². The van der Waals surface area contributed by atoms with Crippen molar-refractivity contribution >= 4 is 11.8 Å². The number of nitrogens with two attached hydrogens (primary N) is 2. The lowest BCUT2D eigenvalue weighted by Gasteiger charge is -2.11. The van der Waals surface area contributed by atoms with E-state index >= 15 is 0 Å². The highest BCUT2D eigenvalue weighted by Crippen LogP contribution is 2.01. The summed E-state index contributed by atoms with van der Waals surface area (Å²) in [5.74, 6) is -0.711. The fraction of sp³-hybridized carbons (Fsp3) is 0.333. The highest BCUT2D eigenvalue weighted by Gasteiger charge is 2.13. The van der Waals surface area contributed by atoms with E-state index in [1.54, 1.807) is 0 Å². The van der Waals surface area contributed by atoms with Crippen molar-refractivity contribution in [2.24, 2.45) is 11.5 Å². The molecule has 17 heavy (non-hydrogen) atoms. The van der Waals surface area contributed by atoms with Gasteiger partial charge in [0.1, 0.15) is 0 Å². The molecular weight excluding hydrogens is 218 g/mol. The van der Waals surface area contributed by atoms with Crippen LogP contribution >= 0.6 is 0 Å². The smallest absolute Gasteiger partial charge is 0.237 e. The third-order valence-corrected chi connectivity index (χ3v) is 2.31. The molecule has 92 valence electrons. The van der Waals surface area contributed by atoms with Crippen LogP contribution in [-0.2, 0) is 16.0 Å². The summed E-state index contributed by atoms with van der Waals surface area (Å²) in [7, 11) is 0. The monoisotopic (exact) mass is 235 g/mol. The minimum atomic E-state index is -0.606. The number of benzene rings is 1. The van der Waals surface area contributed by atoms with Gasteiger partial charge in [-0.05, 0) is 12.0 Å². The molecule has 0 heterocycles. The zero-order valence-corrected chi connectivity index (χ0v) is 9.56. The van der Waals surface area contributed by atoms with E-state index < -0.39 is 11.9 Å². The number of carbonyl (C=O) groups is 2. The second-order valence-electron chi connectivity index (χ2n) is 3.80. The molecule has 0 fully saturated rings. The van der Waals surface area contributed by atoms with Gasteiger partial charge >= 0.3 is 0 Å². The number of amides is 2. The van der Waals surface area contributed by atoms with Crippen LogP contribution in [0.2, 0.25) is 0 Å². The first-order valence-electron chi connectivity index (χ1n) is 5.45. The Morgan fingerprint density at radius 2 is 1.88 bits per heavy atom. The number of primary amides is 1. The van der Waals surface area contributed by atoms with Gasteiger partial charge in [0, 0.05) is 13.0 Å². The van der Waals surface area contributed by atoms with Crippen molar-refractivity contribution in [3.05, 3.63) is 35.9 Å². The molecule has 0 aliphatic carbocycles. The molecule has 1 rings (SSSR count). The summed E-state index contributed by atoms with van der Waals surface area (Å²) in [4.78, 5) is 22.0. The average molecular weight is 235 g/mol. The van der Waals surface area contributed by atoms with Gasteiger partial charge in [0.05, 0.1) is 6.04 Å². The lowest BCUT2D eigenvalue weighted by molar-refractivity contribution is -0.122. The summed E-state index contributed by atoms with van der Waals surface area (Å²) in [6, 6.07) is 8.92. The molecule has 0 aromatic heterocycles. The topological polar surface area (TPSA) is 98.2 Å². The van der Waals surface area contributed by atoms with Gasteiger partial charge in [-0.1, -0.05) is 30.3 Å². The molecule has 5 N–H and O–H groups in total. The van der Waals surface area contributed by atoms with Crippen molar-refractivity contribution in [2.45, 2.75) is 18.9 Å². The molecule has 0 aliphatic heterocycles. The second-order valence-corrected chi connectivity index (χ2v) is 3.80. The van der Waals surface area contributed by atoms with Crippen LogP contribution < -0.4 is 16.8 Å². The minimum absolute atomic E-state index is 0.129. The number of rotatable bonds is 6. The zero-order valence-electron chi connectivity index (χ0n) is 9.56. The molecule has 0 aliphatic rings. The Kier molecular flexibility index (Phi) is 5.16. The van der Waals surface area contributed by atoms with E-state index in [2.05, 4.69) is 5.32 Å². The van der Waals surface area contributed by atoms with E-state index in [0.29, 0.717) is 6.42 Å². The molecule has 0 radical (unpaired) electrons. The Hall–Kier alpha value is -1.88. The van der Waals surface area contributed by atoms with Crippen LogP contribution in [0.25, 0.3) is 0 Å². The van der Waals surface area contributed by atoms with Gasteiger partial charge in [-0.15, -0.1) is 0 Å². The first-order valence-corrected chi connectivity index (χ1v) is 5.45. The Balaban J connectivity index is 2.34. The molecule has 2 amide bonds. The number of nitrogens with one attached hydrogen (secondary N) is 1. The van der Waals surface area contributed by atoms with E-state index in [4.69, 9.17) is 11.5 Å². The molecule has 5 nitrogen and oxygen atoms in total. The quantitative estimate of drug-likeness (QED) is 0.622. The fourth-order valence-electron chi connectivity index (χ4n) is 1.40. The molecule has 0 bridgehead atoms. The third kappa shape index (κ3) is 5.12. The Morgan fingerprint density at radius 3 is 2.47 bits per heavy atom. The van der Waals surface area contributed by atoms with Gasteiger partial charge in [0.25, 0.3) is 0 Å². The summed E-state index contributed by atoms with van der Waals surface area (Å²) in [6.07, 6.45) is 0.604. The molecule has 0 spiro atoms. The summed E-state index contributed by atoms with van der Waals surface area (Å²) < 4.78 is 0. The maximum atomic E-state index is 11.5. The first-order chi connectivity index (χ1) is 8.09. The van der Waals surface area contributed by atoms with Crippen LogP contribution in [0.3, 0.4) is 0 Å². The van der Waals surface area contributed by atoms with E-state index in [1.807, 2.05) is 30.3 Å². The second kappa shape index (κ2) is 6.65. The van der Waals surface area contributed by atoms with Crippen molar-refractivity contribution in [3.8, 4) is 0 Å². The van der Waals surface area contributed by atoms with Crippen LogP contribution in [0.5, 0.6) is 0 Å². The van der Waals surface area contributed by atoms with Crippen molar-refractivity contribution in [3.63, 3.8) is 0 Å². The van der Waals surface area contributed by atoms with Crippen LogP contribution in [0.1, 0.15) is 12.0 Å². The molecule has 0 saturated heterocycles. The predicted octanol–water partition coefficient (Wildman–Crippen LogP) is -0.452. The van der Waals surface area contributed by atoms with Crippen LogP contribution in [-0.4, -0.2) is 24.4 Å². The average Bonchev–Trinajstić information content (AvgIpc) is 2.29. The van der Waals surface area contributed by atoms with E-state index in [9.17, 15) is 9.59 Å². The van der Waals surface area contributed by atoms with Crippen LogP contribution in [0.4, 0.5) is 0 Å². The van der Waals surface area contributed by atoms with Crippen molar-refractivity contribution in [1.82, 2.24) is 5.32 Å². The van der Waals surface area contributed by atoms with E-state index in [-0.39, 0.29) is 18.9 Å². The maximum Gasteiger partial charge on any atom is 0.237 e. The molecule has 1 atom stereocenters. The van der Waals surface area contributed by atoms with Gasteiger partial charge in [-0.2, -0.15) is 0 Å². The largest absolute Gasteiger partial charge is 0.370 e. The third-order valence-electron chi connectivity index (χ3n) is 2.31. The lowest BCUT2D eigenvalue weighted by atomic mass is 10.1. The molecule has 1 aromatic rings. The maximum absolute atomic E-state index is 11.5. The lowest BCUT2D eigenvalue weighted by Crippen LogP contribution is -2.42. The predicted molar refractivity (Wildman–Crippen MR) is 64.9 cm³/mol. The Morgan fingerprint density at radius 1 is 1.24 bits per heavy atom. The highest BCUT2D eigenvalue weighted by atomic mass is 16.2. The molecule has 0 unspecified atom stereocenters. The summed E-state index contributed by atoms with van der Waals surface area (Å²) in [6.45, 7) is 0.233. The van der Waals surface area contributed by atoms with Gasteiger partial charge in [-0.3, -0.25) is 9.59 Å². The fourth-order valence-corrected chi connectivity index (χ4v) is 1.40. The van der Waals surface area contributed by atoms with Crippen molar-refractivity contribution in [1.29, 1.82) is 0 Å². The zero-order chi connectivity index (χ0) is 12.7. The number of hydrogen-bond acceptors (Lipinski definition) is 3. The van der Waals surface area contributed by atoms with Gasteiger partial charge in [0.15, 0.2) is 0 Å². The summed E-state index contributed by atoms with van der Waals surface area (Å²) in [5, 5.41) is 2.57. The summed E-state index contributed by atoms with van der Waals surface area (Å²) in [5.41, 5.74) is 11.7. The normalized spacial score (nSPS) is 11.8. The molecule has 1 aromatic carbocycles. The molecule has 5 heteroatoms. The Labute approximate surface area is 100 Å². The van der Waals surface area contributed by atoms with Crippen molar-refractivity contribution < 1.29 is 9.59 Å². The first kappa shape index (κ1) is 13.2. The highest BCUT2D eigenvalue weighted by molar-refractivity contribution is 5.82. The van der Waals surface area contributed by atoms with Gasteiger partial charge in [0.2, 0.25) is 11.8 Å². The minimum Gasteiger partial charge on any atom is -0.370 e. The summed E-state index contributed by atoms with van der Waals surface area (Å²) >= 11 is 0. The standard InChI is InChI=1S/C12H17N3O2/c13-10(8-9-4-2-1-3-5-9)12(17)15-7-6-11(14)16/h1-5,10H,6-8,13H2,(H2,14,16)(H,15,17)/t10-/m0/s1. The van der Waals surface area contributed by atoms with Gasteiger partial charge < -0.3 is 16.8 Å². The van der Waals surface area contributed by atoms with Crippen LogP contribution in [0, 0.1) is 0 Å². The number of carbonyl (C=O) groups excluding carboxylic acids is 2. The SMILES string of the molecule is NC(=O)CCNC(=O)[C@@H](N)Cc1ccccc1.